The lowest BCUT2D eigenvalue weighted by atomic mass is 10.2. The largest absolute Gasteiger partial charge is 0.478 e. The van der Waals surface area contributed by atoms with Crippen LogP contribution in [0.15, 0.2) is 6.08 Å². The standard InChI is InChI=1S/C16H28N2O3Si/c1-6-8-9-13-17-12(10-11-14(19)20)15(18-13)16(21-7-2)22(3,4)5/h10-11,16H,6-9H2,1-5H3,(H,17,18)(H,19,20)/b11-10-. The molecule has 1 aromatic heterocycles. The lowest BCUT2D eigenvalue weighted by Gasteiger charge is -2.27. The molecule has 0 bridgehead atoms. The molecule has 1 rings (SSSR count). The molecule has 0 saturated carbocycles. The Bertz CT molecular complexity index is 518. The van der Waals surface area contributed by atoms with Crippen molar-refractivity contribution >= 4 is 20.1 Å². The van der Waals surface area contributed by atoms with E-state index in [2.05, 4.69) is 31.5 Å². The number of carboxylic acids is 1. The van der Waals surface area contributed by atoms with Crippen LogP contribution in [0.4, 0.5) is 0 Å². The first-order valence-corrected chi connectivity index (χ1v) is 11.5. The highest BCUT2D eigenvalue weighted by molar-refractivity contribution is 6.77. The molecule has 1 unspecified atom stereocenters. The molecule has 0 radical (unpaired) electrons. The average Bonchev–Trinajstić information content (AvgIpc) is 2.81. The predicted molar refractivity (Wildman–Crippen MR) is 91.6 cm³/mol. The third kappa shape index (κ3) is 5.42. The molecule has 1 aromatic rings. The fraction of sp³-hybridized carbons (Fsp3) is 0.625. The first-order chi connectivity index (χ1) is 10.3. The van der Waals surface area contributed by atoms with E-state index in [1.54, 1.807) is 6.08 Å². The van der Waals surface area contributed by atoms with Gasteiger partial charge in [0.05, 0.1) is 25.2 Å². The predicted octanol–water partition coefficient (Wildman–Crippen LogP) is 3.81. The van der Waals surface area contributed by atoms with E-state index in [1.807, 2.05) is 6.92 Å². The highest BCUT2D eigenvalue weighted by atomic mass is 28.3. The van der Waals surface area contributed by atoms with E-state index >= 15 is 0 Å². The number of hydrogen-bond donors (Lipinski definition) is 2. The van der Waals surface area contributed by atoms with E-state index in [9.17, 15) is 4.79 Å². The zero-order valence-corrected chi connectivity index (χ0v) is 15.3. The maximum Gasteiger partial charge on any atom is 0.328 e. The number of carbonyl (C=O) groups is 1. The molecule has 2 N–H and O–H groups in total. The zero-order valence-electron chi connectivity index (χ0n) is 14.3. The summed E-state index contributed by atoms with van der Waals surface area (Å²) >= 11 is 0. The number of aromatic nitrogens is 2. The molecule has 0 spiro atoms. The number of aliphatic carboxylic acids is 1. The van der Waals surface area contributed by atoms with Crippen molar-refractivity contribution in [2.75, 3.05) is 6.61 Å². The quantitative estimate of drug-likeness (QED) is 0.535. The minimum atomic E-state index is -1.64. The third-order valence-electron chi connectivity index (χ3n) is 3.34. The molecule has 0 aliphatic carbocycles. The smallest absolute Gasteiger partial charge is 0.328 e. The van der Waals surface area contributed by atoms with Gasteiger partial charge in [-0.05, 0) is 19.4 Å². The first-order valence-electron chi connectivity index (χ1n) is 7.91. The molecular weight excluding hydrogens is 296 g/mol. The highest BCUT2D eigenvalue weighted by Gasteiger charge is 2.32. The molecular formula is C16H28N2O3Si. The molecule has 124 valence electrons. The lowest BCUT2D eigenvalue weighted by Crippen LogP contribution is -2.33. The van der Waals surface area contributed by atoms with Gasteiger partial charge in [-0.3, -0.25) is 0 Å². The number of aromatic amines is 1. The second kappa shape index (κ2) is 8.29. The number of aryl methyl sites for hydroxylation is 1. The van der Waals surface area contributed by atoms with E-state index in [1.165, 1.54) is 0 Å². The minimum absolute atomic E-state index is 0.0439. The van der Waals surface area contributed by atoms with Crippen molar-refractivity contribution in [1.82, 2.24) is 9.97 Å². The number of carboxylic acid groups (broad SMARTS) is 1. The molecule has 22 heavy (non-hydrogen) atoms. The van der Waals surface area contributed by atoms with Crippen molar-refractivity contribution in [3.63, 3.8) is 0 Å². The maximum absolute atomic E-state index is 10.8. The fourth-order valence-electron chi connectivity index (χ4n) is 2.30. The second-order valence-corrected chi connectivity index (χ2v) is 11.7. The van der Waals surface area contributed by atoms with E-state index < -0.39 is 14.0 Å². The van der Waals surface area contributed by atoms with Crippen LogP contribution in [0.5, 0.6) is 0 Å². The Kier molecular flexibility index (Phi) is 7.02. The summed E-state index contributed by atoms with van der Waals surface area (Å²) in [7, 11) is -1.64. The normalized spacial score (nSPS) is 13.7. The van der Waals surface area contributed by atoms with E-state index in [0.717, 1.165) is 42.6 Å². The molecule has 1 atom stereocenters. The van der Waals surface area contributed by atoms with Crippen molar-refractivity contribution in [2.24, 2.45) is 0 Å². The molecule has 0 amide bonds. The number of nitrogens with one attached hydrogen (secondary N) is 1. The van der Waals surface area contributed by atoms with Crippen LogP contribution < -0.4 is 0 Å². The first kappa shape index (κ1) is 18.6. The molecule has 0 aromatic carbocycles. The van der Waals surface area contributed by atoms with E-state index in [-0.39, 0.29) is 5.73 Å². The van der Waals surface area contributed by atoms with Gasteiger partial charge in [0, 0.05) is 19.1 Å². The van der Waals surface area contributed by atoms with Gasteiger partial charge < -0.3 is 14.8 Å². The average molecular weight is 324 g/mol. The Balaban J connectivity index is 3.21. The summed E-state index contributed by atoms with van der Waals surface area (Å²) in [6.45, 7) is 11.4. The van der Waals surface area contributed by atoms with Crippen molar-refractivity contribution in [3.05, 3.63) is 23.3 Å². The van der Waals surface area contributed by atoms with Gasteiger partial charge in [0.25, 0.3) is 0 Å². The van der Waals surface area contributed by atoms with Crippen LogP contribution in [-0.4, -0.2) is 35.7 Å². The monoisotopic (exact) mass is 324 g/mol. The highest BCUT2D eigenvalue weighted by Crippen LogP contribution is 2.30. The van der Waals surface area contributed by atoms with Crippen LogP contribution in [0.25, 0.3) is 6.08 Å². The van der Waals surface area contributed by atoms with Gasteiger partial charge in [-0.1, -0.05) is 33.0 Å². The number of hydrogen-bond acceptors (Lipinski definition) is 3. The van der Waals surface area contributed by atoms with Crippen LogP contribution in [0.2, 0.25) is 19.6 Å². The van der Waals surface area contributed by atoms with Gasteiger partial charge in [-0.25, -0.2) is 9.78 Å². The Morgan fingerprint density at radius 3 is 2.59 bits per heavy atom. The third-order valence-corrected chi connectivity index (χ3v) is 5.35. The molecule has 5 nitrogen and oxygen atoms in total. The maximum atomic E-state index is 10.8. The number of unbranched alkanes of at least 4 members (excludes halogenated alkanes) is 1. The topological polar surface area (TPSA) is 75.2 Å². The summed E-state index contributed by atoms with van der Waals surface area (Å²) in [4.78, 5) is 18.8. The number of imidazole rings is 1. The van der Waals surface area contributed by atoms with Crippen LogP contribution >= 0.6 is 0 Å². The molecule has 1 heterocycles. The van der Waals surface area contributed by atoms with Crippen molar-refractivity contribution in [2.45, 2.75) is 58.5 Å². The summed E-state index contributed by atoms with van der Waals surface area (Å²) < 4.78 is 5.96. The number of ether oxygens (including phenoxy) is 1. The number of nitrogens with zero attached hydrogens (tertiary/aromatic N) is 1. The van der Waals surface area contributed by atoms with Gasteiger partial charge >= 0.3 is 5.97 Å². The zero-order chi connectivity index (χ0) is 16.8. The van der Waals surface area contributed by atoms with Crippen molar-refractivity contribution in [1.29, 1.82) is 0 Å². The van der Waals surface area contributed by atoms with Gasteiger partial charge in [0.15, 0.2) is 0 Å². The Morgan fingerprint density at radius 2 is 2.09 bits per heavy atom. The Labute approximate surface area is 133 Å². The van der Waals surface area contributed by atoms with E-state index in [4.69, 9.17) is 14.8 Å². The van der Waals surface area contributed by atoms with Crippen LogP contribution in [0.3, 0.4) is 0 Å². The molecule has 0 fully saturated rings. The summed E-state index contributed by atoms with van der Waals surface area (Å²) in [5.74, 6) is -0.0542. The van der Waals surface area contributed by atoms with Crippen LogP contribution in [0, 0.1) is 0 Å². The number of rotatable bonds is 9. The van der Waals surface area contributed by atoms with Gasteiger partial charge in [-0.2, -0.15) is 0 Å². The summed E-state index contributed by atoms with van der Waals surface area (Å²) in [6, 6.07) is 0. The SMILES string of the molecule is CCCCc1nc(C(OCC)[Si](C)(C)C)c(/C=C\C(=O)O)[nH]1. The van der Waals surface area contributed by atoms with Gasteiger partial charge in [-0.15, -0.1) is 0 Å². The molecule has 0 saturated heterocycles. The second-order valence-electron chi connectivity index (χ2n) is 6.46. The number of H-pyrrole nitrogens is 1. The fourth-order valence-corrected chi connectivity index (χ4v) is 4.01. The van der Waals surface area contributed by atoms with E-state index in [0.29, 0.717) is 6.61 Å². The minimum Gasteiger partial charge on any atom is -0.478 e. The van der Waals surface area contributed by atoms with Gasteiger partial charge in [0.1, 0.15) is 5.82 Å². The Hall–Kier alpha value is -1.40. The summed E-state index contributed by atoms with van der Waals surface area (Å²) in [5, 5.41) is 8.87. The molecule has 0 aliphatic rings. The summed E-state index contributed by atoms with van der Waals surface area (Å²) in [6.07, 6.45) is 5.76. The molecule has 0 aliphatic heterocycles. The van der Waals surface area contributed by atoms with Gasteiger partial charge in [0.2, 0.25) is 0 Å². The lowest BCUT2D eigenvalue weighted by molar-refractivity contribution is -0.131. The molecule has 6 heteroatoms. The summed E-state index contributed by atoms with van der Waals surface area (Å²) in [5.41, 5.74) is 1.57. The van der Waals surface area contributed by atoms with Crippen molar-refractivity contribution < 1.29 is 14.6 Å². The van der Waals surface area contributed by atoms with Crippen LogP contribution in [-0.2, 0) is 16.0 Å². The van der Waals surface area contributed by atoms with Crippen LogP contribution in [0.1, 0.15) is 49.6 Å². The Morgan fingerprint density at radius 1 is 1.41 bits per heavy atom. The van der Waals surface area contributed by atoms with Crippen molar-refractivity contribution in [3.8, 4) is 0 Å².